The molecule has 1 aromatic rings. The van der Waals surface area contributed by atoms with E-state index in [9.17, 15) is 4.79 Å². The van der Waals surface area contributed by atoms with Gasteiger partial charge < -0.3 is 9.47 Å². The van der Waals surface area contributed by atoms with Crippen LogP contribution in [0, 0.1) is 0 Å². The third-order valence-electron chi connectivity index (χ3n) is 3.57. The first-order valence-electron chi connectivity index (χ1n) is 6.53. The van der Waals surface area contributed by atoms with Crippen molar-refractivity contribution >= 4 is 5.97 Å². The Morgan fingerprint density at radius 1 is 1.37 bits per heavy atom. The maximum atomic E-state index is 11.4. The normalized spacial score (nSPS) is 19.1. The molecule has 19 heavy (non-hydrogen) atoms. The zero-order valence-electron chi connectivity index (χ0n) is 11.8. The monoisotopic (exact) mass is 263 g/mol. The average Bonchev–Trinajstić information content (AvgIpc) is 2.41. The van der Waals surface area contributed by atoms with Crippen LogP contribution in [0.3, 0.4) is 0 Å². The number of nitrogens with zero attached hydrogens (tertiary/aromatic N) is 1. The molecule has 0 amide bonds. The number of hydrogen-bond donors (Lipinski definition) is 0. The van der Waals surface area contributed by atoms with E-state index < -0.39 is 0 Å². The molecule has 1 aliphatic rings. The Hall–Kier alpha value is -1.39. The topological polar surface area (TPSA) is 38.8 Å². The Labute approximate surface area is 114 Å². The molecule has 0 atom stereocenters. The molecule has 2 rings (SSSR count). The second-order valence-electron chi connectivity index (χ2n) is 5.48. The van der Waals surface area contributed by atoms with Crippen molar-refractivity contribution in [3.8, 4) is 0 Å². The van der Waals surface area contributed by atoms with Crippen LogP contribution in [0.25, 0.3) is 0 Å². The second-order valence-corrected chi connectivity index (χ2v) is 5.48. The number of hydrogen-bond acceptors (Lipinski definition) is 4. The van der Waals surface area contributed by atoms with Crippen molar-refractivity contribution in [2.45, 2.75) is 25.9 Å². The molecule has 0 unspecified atom stereocenters. The van der Waals surface area contributed by atoms with Gasteiger partial charge in [-0.15, -0.1) is 0 Å². The van der Waals surface area contributed by atoms with E-state index in [0.29, 0.717) is 5.56 Å². The van der Waals surface area contributed by atoms with Crippen molar-refractivity contribution in [3.05, 3.63) is 35.4 Å². The molecular formula is C15H21NO3. The molecule has 0 N–H and O–H groups in total. The zero-order valence-corrected chi connectivity index (χ0v) is 11.8. The Balaban J connectivity index is 2.05. The molecule has 0 radical (unpaired) electrons. The molecule has 4 heteroatoms. The van der Waals surface area contributed by atoms with Gasteiger partial charge in [0.05, 0.1) is 25.9 Å². The van der Waals surface area contributed by atoms with Crippen LogP contribution in [0.1, 0.15) is 29.8 Å². The summed E-state index contributed by atoms with van der Waals surface area (Å²) in [4.78, 5) is 13.8. The average molecular weight is 263 g/mol. The predicted molar refractivity (Wildman–Crippen MR) is 73.1 cm³/mol. The highest BCUT2D eigenvalue weighted by atomic mass is 16.5. The summed E-state index contributed by atoms with van der Waals surface area (Å²) in [6.07, 6.45) is 0. The Morgan fingerprint density at radius 3 is 2.63 bits per heavy atom. The summed E-state index contributed by atoms with van der Waals surface area (Å²) in [6.45, 7) is 7.73. The third-order valence-corrected chi connectivity index (χ3v) is 3.57. The first-order chi connectivity index (χ1) is 9.03. The maximum Gasteiger partial charge on any atom is 0.337 e. The molecule has 0 aliphatic carbocycles. The minimum absolute atomic E-state index is 0.0548. The van der Waals surface area contributed by atoms with Gasteiger partial charge in [-0.3, -0.25) is 4.90 Å². The van der Waals surface area contributed by atoms with E-state index in [0.717, 1.165) is 26.3 Å². The fraction of sp³-hybridized carbons (Fsp3) is 0.533. The standard InChI is InChI=1S/C15H21NO3/c1-15(2)11-19-9-8-16(15)10-12-4-6-13(7-5-12)14(17)18-3/h4-7H,8-11H2,1-3H3. The van der Waals surface area contributed by atoms with Crippen molar-refractivity contribution in [1.82, 2.24) is 4.90 Å². The summed E-state index contributed by atoms with van der Waals surface area (Å²) < 4.78 is 10.2. The molecule has 1 aromatic carbocycles. The second kappa shape index (κ2) is 5.72. The van der Waals surface area contributed by atoms with Crippen LogP contribution < -0.4 is 0 Å². The summed E-state index contributed by atoms with van der Waals surface area (Å²) >= 11 is 0. The number of esters is 1. The molecule has 0 spiro atoms. The van der Waals surface area contributed by atoms with Crippen molar-refractivity contribution in [3.63, 3.8) is 0 Å². The van der Waals surface area contributed by atoms with Gasteiger partial charge in [0, 0.05) is 18.6 Å². The lowest BCUT2D eigenvalue weighted by Crippen LogP contribution is -2.52. The third kappa shape index (κ3) is 3.33. The van der Waals surface area contributed by atoms with Gasteiger partial charge in [-0.25, -0.2) is 4.79 Å². The lowest BCUT2D eigenvalue weighted by atomic mass is 10.0. The number of carbonyl (C=O) groups excluding carboxylic acids is 1. The van der Waals surface area contributed by atoms with E-state index in [-0.39, 0.29) is 11.5 Å². The van der Waals surface area contributed by atoms with Gasteiger partial charge >= 0.3 is 5.97 Å². The van der Waals surface area contributed by atoms with E-state index in [1.54, 1.807) is 0 Å². The number of carbonyl (C=O) groups is 1. The quantitative estimate of drug-likeness (QED) is 0.783. The van der Waals surface area contributed by atoms with Gasteiger partial charge in [-0.05, 0) is 31.5 Å². The molecule has 0 aromatic heterocycles. The first kappa shape index (κ1) is 14.0. The van der Waals surface area contributed by atoms with Gasteiger partial charge in [-0.2, -0.15) is 0 Å². The van der Waals surface area contributed by atoms with Gasteiger partial charge in [0.2, 0.25) is 0 Å². The van der Waals surface area contributed by atoms with Crippen LogP contribution in [0.15, 0.2) is 24.3 Å². The molecule has 104 valence electrons. The maximum absolute atomic E-state index is 11.4. The summed E-state index contributed by atoms with van der Waals surface area (Å²) in [5, 5.41) is 0. The molecule has 4 nitrogen and oxygen atoms in total. The fourth-order valence-corrected chi connectivity index (χ4v) is 2.27. The van der Waals surface area contributed by atoms with Crippen LogP contribution in [-0.4, -0.2) is 43.3 Å². The summed E-state index contributed by atoms with van der Waals surface area (Å²) in [6, 6.07) is 7.60. The van der Waals surface area contributed by atoms with E-state index >= 15 is 0 Å². The minimum atomic E-state index is -0.293. The number of methoxy groups -OCH3 is 1. The fourth-order valence-electron chi connectivity index (χ4n) is 2.27. The van der Waals surface area contributed by atoms with Crippen molar-refractivity contribution in [2.75, 3.05) is 26.9 Å². The van der Waals surface area contributed by atoms with Crippen molar-refractivity contribution in [1.29, 1.82) is 0 Å². The molecule has 1 heterocycles. The Kier molecular flexibility index (Phi) is 4.22. The lowest BCUT2D eigenvalue weighted by Gasteiger charge is -2.42. The first-order valence-corrected chi connectivity index (χ1v) is 6.53. The predicted octanol–water partition coefficient (Wildman–Crippen LogP) is 2.08. The lowest BCUT2D eigenvalue weighted by molar-refractivity contribution is -0.0552. The Bertz CT molecular complexity index is 439. The molecule has 0 saturated carbocycles. The molecular weight excluding hydrogens is 242 g/mol. The minimum Gasteiger partial charge on any atom is -0.465 e. The Morgan fingerprint density at radius 2 is 2.05 bits per heavy atom. The highest BCUT2D eigenvalue weighted by molar-refractivity contribution is 5.89. The van der Waals surface area contributed by atoms with Gasteiger partial charge in [0.25, 0.3) is 0 Å². The van der Waals surface area contributed by atoms with Crippen molar-refractivity contribution in [2.24, 2.45) is 0 Å². The van der Waals surface area contributed by atoms with Crippen LogP contribution in [0.4, 0.5) is 0 Å². The van der Waals surface area contributed by atoms with Gasteiger partial charge in [-0.1, -0.05) is 12.1 Å². The number of morpholine rings is 1. The highest BCUT2D eigenvalue weighted by Gasteiger charge is 2.30. The van der Waals surface area contributed by atoms with E-state index in [2.05, 4.69) is 18.7 Å². The van der Waals surface area contributed by atoms with E-state index in [1.807, 2.05) is 24.3 Å². The van der Waals surface area contributed by atoms with E-state index in [4.69, 9.17) is 9.47 Å². The summed E-state index contributed by atoms with van der Waals surface area (Å²) in [5.41, 5.74) is 1.84. The van der Waals surface area contributed by atoms with Crippen LogP contribution in [0.2, 0.25) is 0 Å². The highest BCUT2D eigenvalue weighted by Crippen LogP contribution is 2.21. The zero-order chi connectivity index (χ0) is 13.9. The molecule has 1 aliphatic heterocycles. The number of benzene rings is 1. The SMILES string of the molecule is COC(=O)c1ccc(CN2CCOCC2(C)C)cc1. The summed E-state index contributed by atoms with van der Waals surface area (Å²) in [7, 11) is 1.40. The molecule has 0 bridgehead atoms. The smallest absolute Gasteiger partial charge is 0.337 e. The van der Waals surface area contributed by atoms with Crippen LogP contribution in [0.5, 0.6) is 0 Å². The van der Waals surface area contributed by atoms with Crippen LogP contribution in [-0.2, 0) is 16.0 Å². The van der Waals surface area contributed by atoms with Crippen LogP contribution >= 0.6 is 0 Å². The summed E-state index contributed by atoms with van der Waals surface area (Å²) in [5.74, 6) is -0.293. The van der Waals surface area contributed by atoms with Gasteiger partial charge in [0.15, 0.2) is 0 Å². The largest absolute Gasteiger partial charge is 0.465 e. The van der Waals surface area contributed by atoms with E-state index in [1.165, 1.54) is 12.7 Å². The van der Waals surface area contributed by atoms with Gasteiger partial charge in [0.1, 0.15) is 0 Å². The molecule has 1 fully saturated rings. The van der Waals surface area contributed by atoms with Crippen molar-refractivity contribution < 1.29 is 14.3 Å². The number of ether oxygens (including phenoxy) is 2. The number of rotatable bonds is 3. The molecule has 1 saturated heterocycles.